The maximum Gasteiger partial charge on any atom is 0.472 e. The first kappa shape index (κ1) is 15.0. The van der Waals surface area contributed by atoms with Crippen LogP contribution in [-0.2, 0) is 13.8 Å². The summed E-state index contributed by atoms with van der Waals surface area (Å²) in [5, 5.41) is 0. The van der Waals surface area contributed by atoms with Gasteiger partial charge in [-0.25, -0.2) is 19.5 Å². The molecule has 1 aromatic heterocycles. The molecule has 2 rings (SSSR count). The number of phosphoric ester groups is 1. The molecule has 0 aliphatic carbocycles. The molecule has 1 aliphatic heterocycles. The fourth-order valence-corrected chi connectivity index (χ4v) is 2.01. The maximum absolute atomic E-state index is 10.5. The summed E-state index contributed by atoms with van der Waals surface area (Å²) in [6, 6.07) is 3.83. The van der Waals surface area contributed by atoms with Crippen molar-refractivity contribution in [1.82, 2.24) is 4.68 Å². The predicted octanol–water partition coefficient (Wildman–Crippen LogP) is 0.565. The average Bonchev–Trinajstić information content (AvgIpc) is 2.71. The highest BCUT2D eigenvalue weighted by molar-refractivity contribution is 7.46. The third-order valence-electron chi connectivity index (χ3n) is 2.72. The molecule has 0 radical (unpaired) electrons. The lowest BCUT2D eigenvalue weighted by Gasteiger charge is -2.24. The van der Waals surface area contributed by atoms with Gasteiger partial charge in [0.1, 0.15) is 6.17 Å². The van der Waals surface area contributed by atoms with E-state index in [2.05, 4.69) is 14.9 Å². The van der Waals surface area contributed by atoms with Crippen molar-refractivity contribution in [3.05, 3.63) is 23.5 Å². The van der Waals surface area contributed by atoms with Gasteiger partial charge in [-0.15, -0.1) is 0 Å². The average molecular weight is 304 g/mol. The van der Waals surface area contributed by atoms with E-state index in [0.29, 0.717) is 0 Å². The maximum atomic E-state index is 10.5. The van der Waals surface area contributed by atoms with Crippen molar-refractivity contribution in [2.24, 2.45) is 10.7 Å². The minimum absolute atomic E-state index is 0.0385. The Kier molecular flexibility index (Phi) is 4.17. The topological polar surface area (TPSA) is 131 Å². The van der Waals surface area contributed by atoms with Crippen LogP contribution < -0.4 is 11.2 Å². The van der Waals surface area contributed by atoms with E-state index >= 15 is 0 Å². The van der Waals surface area contributed by atoms with E-state index in [1.165, 1.54) is 0 Å². The zero-order valence-electron chi connectivity index (χ0n) is 11.1. The third kappa shape index (κ3) is 3.38. The molecule has 0 bridgehead atoms. The van der Waals surface area contributed by atoms with Gasteiger partial charge in [-0.3, -0.25) is 4.68 Å². The molecule has 0 amide bonds. The molecular formula is C10H17N4O5P. The van der Waals surface area contributed by atoms with Gasteiger partial charge >= 0.3 is 13.8 Å². The molecule has 0 saturated carbocycles. The molecule has 112 valence electrons. The van der Waals surface area contributed by atoms with Gasteiger partial charge in [0.2, 0.25) is 6.79 Å². The highest BCUT2D eigenvalue weighted by atomic mass is 31.2. The zero-order valence-corrected chi connectivity index (χ0v) is 11.9. The minimum atomic E-state index is -4.57. The quantitative estimate of drug-likeness (QED) is 0.472. The van der Waals surface area contributed by atoms with Gasteiger partial charge in [0.15, 0.2) is 0 Å². The van der Waals surface area contributed by atoms with Crippen LogP contribution in [0.3, 0.4) is 0 Å². The van der Waals surface area contributed by atoms with Crippen LogP contribution in [0.4, 0.5) is 0 Å². The lowest BCUT2D eigenvalue weighted by atomic mass is 10.1. The fourth-order valence-electron chi connectivity index (χ4n) is 1.82. The molecule has 5 N–H and O–H groups in total. The zero-order chi connectivity index (χ0) is 14.9. The van der Waals surface area contributed by atoms with Gasteiger partial charge < -0.3 is 20.3 Å². The molecule has 0 fully saturated rings. The van der Waals surface area contributed by atoms with E-state index in [4.69, 9.17) is 20.3 Å². The molecule has 2 heterocycles. The van der Waals surface area contributed by atoms with Gasteiger partial charge in [0.25, 0.3) is 0 Å². The Morgan fingerprint density at radius 1 is 1.55 bits per heavy atom. The highest BCUT2D eigenvalue weighted by Crippen LogP contribution is 2.35. The second-order valence-corrected chi connectivity index (χ2v) is 5.79. The Bertz CT molecular complexity index is 564. The molecule has 1 aromatic rings. The minimum Gasteiger partial charge on any atom is -0.436 e. The number of hydrogen-bond acceptors (Lipinski definition) is 6. The Hall–Kier alpha value is -1.38. The van der Waals surface area contributed by atoms with E-state index in [9.17, 15) is 4.57 Å². The summed E-state index contributed by atoms with van der Waals surface area (Å²) in [6.45, 7) is 3.43. The summed E-state index contributed by atoms with van der Waals surface area (Å²) in [5.41, 5.74) is 10.5. The van der Waals surface area contributed by atoms with Crippen molar-refractivity contribution in [2.75, 3.05) is 12.2 Å². The first-order valence-corrected chi connectivity index (χ1v) is 7.46. The smallest absolute Gasteiger partial charge is 0.436 e. The van der Waals surface area contributed by atoms with Gasteiger partial charge in [0.05, 0.1) is 5.69 Å². The van der Waals surface area contributed by atoms with Gasteiger partial charge in [-0.05, 0) is 18.1 Å². The number of phosphoric acid groups is 1. The number of nitrogens with zero attached hydrogens (tertiary/aromatic N) is 2. The van der Waals surface area contributed by atoms with Crippen LogP contribution in [-0.4, -0.2) is 27.3 Å². The molecule has 0 spiro atoms. The van der Waals surface area contributed by atoms with E-state index in [1.54, 1.807) is 4.68 Å². The number of aromatic nitrogens is 1. The summed E-state index contributed by atoms with van der Waals surface area (Å²) in [5.74, 6) is 0.258. The van der Waals surface area contributed by atoms with Crippen LogP contribution in [0.15, 0.2) is 17.1 Å². The number of amidine groups is 1. The lowest BCUT2D eigenvalue weighted by Crippen LogP contribution is -2.36. The monoisotopic (exact) mass is 304 g/mol. The molecule has 0 saturated heterocycles. The van der Waals surface area contributed by atoms with Gasteiger partial charge in [0, 0.05) is 5.69 Å². The van der Waals surface area contributed by atoms with E-state index in [-0.39, 0.29) is 11.9 Å². The van der Waals surface area contributed by atoms with Crippen molar-refractivity contribution >= 4 is 13.8 Å². The van der Waals surface area contributed by atoms with Crippen LogP contribution in [0.25, 0.3) is 0 Å². The number of ether oxygens (including phenoxy) is 1. The second-order valence-electron chi connectivity index (χ2n) is 4.55. The molecule has 1 aliphatic rings. The summed E-state index contributed by atoms with van der Waals surface area (Å²) in [4.78, 5) is 21.1. The summed E-state index contributed by atoms with van der Waals surface area (Å²) >= 11 is 0. The van der Waals surface area contributed by atoms with Crippen molar-refractivity contribution in [1.29, 1.82) is 0 Å². The predicted molar refractivity (Wildman–Crippen MR) is 71.3 cm³/mol. The Labute approximate surface area is 115 Å². The summed E-state index contributed by atoms with van der Waals surface area (Å²) in [7, 11) is -4.57. The van der Waals surface area contributed by atoms with Crippen LogP contribution in [0, 0.1) is 0 Å². The van der Waals surface area contributed by atoms with Gasteiger partial charge in [-0.2, -0.15) is 0 Å². The second kappa shape index (κ2) is 5.55. The Morgan fingerprint density at radius 2 is 2.25 bits per heavy atom. The van der Waals surface area contributed by atoms with E-state index < -0.39 is 20.8 Å². The van der Waals surface area contributed by atoms with Crippen molar-refractivity contribution < 1.29 is 23.6 Å². The molecule has 20 heavy (non-hydrogen) atoms. The third-order valence-corrected chi connectivity index (χ3v) is 3.16. The number of nitrogens with one attached hydrogen (secondary N) is 1. The molecule has 0 aromatic carbocycles. The standard InChI is InChI=1S/C10H17N4O5P/c1-6(2)7-3-4-8-9(11)12-10(13-14(7)8)18-5-19-20(15,16)17/h3-4,6,9H,5,11H2,1-2H3,(H,12,13)(H2,15,16,17). The number of rotatable bonds is 4. The van der Waals surface area contributed by atoms with E-state index in [1.807, 2.05) is 26.0 Å². The Morgan fingerprint density at radius 3 is 2.85 bits per heavy atom. The summed E-state index contributed by atoms with van der Waals surface area (Å²) < 4.78 is 21.5. The van der Waals surface area contributed by atoms with Crippen LogP contribution in [0.2, 0.25) is 0 Å². The SMILES string of the molecule is CC(C)c1ccc2n1NC(OCOP(=O)(O)O)=NC2N. The lowest BCUT2D eigenvalue weighted by molar-refractivity contribution is 0.0728. The molecule has 1 unspecified atom stereocenters. The number of aliphatic imine (C=N–C) groups is 1. The molecular weight excluding hydrogens is 287 g/mol. The first-order chi connectivity index (χ1) is 9.28. The Balaban J connectivity index is 2.07. The van der Waals surface area contributed by atoms with Crippen LogP contribution >= 0.6 is 7.82 Å². The normalized spacial score (nSPS) is 18.5. The van der Waals surface area contributed by atoms with Crippen molar-refractivity contribution in [2.45, 2.75) is 25.9 Å². The van der Waals surface area contributed by atoms with Crippen molar-refractivity contribution in [3.63, 3.8) is 0 Å². The summed E-state index contributed by atoms with van der Waals surface area (Å²) in [6.07, 6.45) is -0.617. The number of nitrogens with two attached hydrogens (primary N) is 1. The van der Waals surface area contributed by atoms with Crippen molar-refractivity contribution in [3.8, 4) is 0 Å². The fraction of sp³-hybridized carbons (Fsp3) is 0.500. The number of fused-ring (bicyclic) bond motifs is 1. The van der Waals surface area contributed by atoms with Crippen LogP contribution in [0.5, 0.6) is 0 Å². The molecule has 1 atom stereocenters. The largest absolute Gasteiger partial charge is 0.472 e. The van der Waals surface area contributed by atoms with E-state index in [0.717, 1.165) is 11.4 Å². The highest BCUT2D eigenvalue weighted by Gasteiger charge is 2.23. The molecule has 10 heteroatoms. The first-order valence-electron chi connectivity index (χ1n) is 5.93. The molecule has 9 nitrogen and oxygen atoms in total. The van der Waals surface area contributed by atoms with Gasteiger partial charge in [-0.1, -0.05) is 13.8 Å². The van der Waals surface area contributed by atoms with Crippen LogP contribution in [0.1, 0.15) is 37.3 Å². The number of hydrogen-bond donors (Lipinski definition) is 4.